The first-order valence-electron chi connectivity index (χ1n) is 10.1. The summed E-state index contributed by atoms with van der Waals surface area (Å²) < 4.78 is 2.35. The Kier molecular flexibility index (Phi) is 5.07. The van der Waals surface area contributed by atoms with Crippen molar-refractivity contribution in [2.24, 2.45) is 0 Å². The average Bonchev–Trinajstić information content (AvgIpc) is 3.55. The molecule has 0 spiro atoms. The minimum atomic E-state index is -0.0874. The summed E-state index contributed by atoms with van der Waals surface area (Å²) in [7, 11) is 0. The van der Waals surface area contributed by atoms with E-state index in [1.807, 2.05) is 6.92 Å². The van der Waals surface area contributed by atoms with Crippen LogP contribution < -0.4 is 0 Å². The van der Waals surface area contributed by atoms with Gasteiger partial charge in [0.05, 0.1) is 5.25 Å². The van der Waals surface area contributed by atoms with Crippen molar-refractivity contribution in [2.45, 2.75) is 100 Å². The van der Waals surface area contributed by atoms with Crippen molar-refractivity contribution >= 4 is 17.7 Å². The van der Waals surface area contributed by atoms with Crippen molar-refractivity contribution in [3.8, 4) is 0 Å². The fraction of sp³-hybridized carbons (Fsp3) is 0.842. The van der Waals surface area contributed by atoms with Crippen LogP contribution in [0, 0.1) is 0 Å². The van der Waals surface area contributed by atoms with Gasteiger partial charge in [-0.05, 0) is 52.4 Å². The summed E-state index contributed by atoms with van der Waals surface area (Å²) in [6, 6.07) is 1.02. The van der Waals surface area contributed by atoms with Gasteiger partial charge in [-0.15, -0.1) is 10.2 Å². The first-order valence-corrected chi connectivity index (χ1v) is 11.0. The van der Waals surface area contributed by atoms with E-state index in [-0.39, 0.29) is 11.2 Å². The van der Waals surface area contributed by atoms with E-state index in [0.717, 1.165) is 11.7 Å². The van der Waals surface area contributed by atoms with Gasteiger partial charge in [0.2, 0.25) is 5.91 Å². The van der Waals surface area contributed by atoms with E-state index in [9.17, 15) is 4.79 Å². The molecule has 3 aliphatic rings. The number of carbonyl (C=O) groups is 1. The number of nitrogens with zero attached hydrogens (tertiary/aromatic N) is 4. The average molecular weight is 363 g/mol. The lowest BCUT2D eigenvalue weighted by molar-refractivity contribution is -0.133. The molecule has 1 heterocycles. The summed E-state index contributed by atoms with van der Waals surface area (Å²) >= 11 is 1.62. The molecule has 6 heteroatoms. The van der Waals surface area contributed by atoms with Crippen LogP contribution in [0.15, 0.2) is 5.16 Å². The molecule has 3 saturated carbocycles. The highest BCUT2D eigenvalue weighted by Gasteiger charge is 2.37. The third-order valence-corrected chi connectivity index (χ3v) is 6.86. The fourth-order valence-electron chi connectivity index (χ4n) is 4.09. The highest BCUT2D eigenvalue weighted by molar-refractivity contribution is 8.00. The molecule has 25 heavy (non-hydrogen) atoms. The van der Waals surface area contributed by atoms with E-state index in [2.05, 4.69) is 26.6 Å². The van der Waals surface area contributed by atoms with Crippen molar-refractivity contribution < 1.29 is 4.79 Å². The minimum Gasteiger partial charge on any atom is -0.339 e. The zero-order chi connectivity index (χ0) is 17.4. The van der Waals surface area contributed by atoms with E-state index in [1.54, 1.807) is 11.8 Å². The smallest absolute Gasteiger partial charge is 0.236 e. The number of carbonyl (C=O) groups excluding carboxylic acids is 1. The number of rotatable bonds is 7. The zero-order valence-corrected chi connectivity index (χ0v) is 16.3. The molecule has 0 aliphatic heterocycles. The van der Waals surface area contributed by atoms with Crippen LogP contribution >= 0.6 is 11.8 Å². The number of thioether (sulfide) groups is 1. The molecule has 3 fully saturated rings. The quantitative estimate of drug-likeness (QED) is 0.684. The maximum absolute atomic E-state index is 13.1. The van der Waals surface area contributed by atoms with E-state index in [1.165, 1.54) is 63.6 Å². The predicted octanol–water partition coefficient (Wildman–Crippen LogP) is 4.15. The van der Waals surface area contributed by atoms with Gasteiger partial charge in [-0.3, -0.25) is 4.79 Å². The topological polar surface area (TPSA) is 51.0 Å². The van der Waals surface area contributed by atoms with Gasteiger partial charge in [0.25, 0.3) is 0 Å². The molecule has 1 atom stereocenters. The summed E-state index contributed by atoms with van der Waals surface area (Å²) in [5, 5.41) is 9.81. The molecule has 1 aromatic heterocycles. The Morgan fingerprint density at radius 2 is 1.88 bits per heavy atom. The number of aromatic nitrogens is 3. The lowest BCUT2D eigenvalue weighted by Crippen LogP contribution is -2.44. The highest BCUT2D eigenvalue weighted by Crippen LogP contribution is 2.46. The van der Waals surface area contributed by atoms with E-state index in [4.69, 9.17) is 0 Å². The second-order valence-corrected chi connectivity index (χ2v) is 9.20. The Balaban J connectivity index is 1.45. The van der Waals surface area contributed by atoms with Gasteiger partial charge in [0, 0.05) is 24.5 Å². The van der Waals surface area contributed by atoms with Gasteiger partial charge in [-0.1, -0.05) is 31.0 Å². The van der Waals surface area contributed by atoms with Crippen LogP contribution in [0.4, 0.5) is 0 Å². The van der Waals surface area contributed by atoms with E-state index < -0.39 is 0 Å². The summed E-state index contributed by atoms with van der Waals surface area (Å²) in [6.45, 7) is 4.97. The standard InChI is InChI=1S/C19H30N4OS/c1-3-22(15-7-5-4-6-8-15)18(24)13(2)25-19-21-20-17(14-9-10-14)23(19)16-11-12-16/h13-16H,3-12H2,1-2H3. The van der Waals surface area contributed by atoms with Crippen LogP contribution in [-0.4, -0.2) is 43.4 Å². The predicted molar refractivity (Wildman–Crippen MR) is 99.8 cm³/mol. The minimum absolute atomic E-state index is 0.0874. The highest BCUT2D eigenvalue weighted by atomic mass is 32.2. The molecule has 1 unspecified atom stereocenters. The van der Waals surface area contributed by atoms with Gasteiger partial charge in [-0.25, -0.2) is 0 Å². The van der Waals surface area contributed by atoms with Crippen LogP contribution in [0.1, 0.15) is 89.4 Å². The third kappa shape index (κ3) is 3.74. The Hall–Kier alpha value is -1.04. The van der Waals surface area contributed by atoms with Crippen molar-refractivity contribution in [2.75, 3.05) is 6.54 Å². The van der Waals surface area contributed by atoms with Gasteiger partial charge in [-0.2, -0.15) is 0 Å². The van der Waals surface area contributed by atoms with Crippen LogP contribution in [0.5, 0.6) is 0 Å². The molecule has 3 aliphatic carbocycles. The number of amides is 1. The number of hydrogen-bond acceptors (Lipinski definition) is 4. The molecule has 0 N–H and O–H groups in total. The third-order valence-electron chi connectivity index (χ3n) is 5.81. The Bertz CT molecular complexity index is 617. The van der Waals surface area contributed by atoms with Gasteiger partial charge in [0.15, 0.2) is 5.16 Å². The maximum Gasteiger partial charge on any atom is 0.236 e. The molecule has 5 nitrogen and oxygen atoms in total. The molecule has 1 amide bonds. The van der Waals surface area contributed by atoms with Gasteiger partial charge >= 0.3 is 0 Å². The Labute approximate surface area is 154 Å². The second kappa shape index (κ2) is 7.29. The molecule has 0 radical (unpaired) electrons. The van der Waals surface area contributed by atoms with Crippen LogP contribution in [-0.2, 0) is 4.79 Å². The first-order chi connectivity index (χ1) is 12.2. The molecule has 4 rings (SSSR count). The van der Waals surface area contributed by atoms with Crippen molar-refractivity contribution in [3.63, 3.8) is 0 Å². The van der Waals surface area contributed by atoms with Crippen molar-refractivity contribution in [3.05, 3.63) is 5.82 Å². The molecule has 0 aromatic carbocycles. The molecule has 0 saturated heterocycles. The van der Waals surface area contributed by atoms with Gasteiger partial charge < -0.3 is 9.47 Å². The van der Waals surface area contributed by atoms with Crippen molar-refractivity contribution in [1.82, 2.24) is 19.7 Å². The summed E-state index contributed by atoms with van der Waals surface area (Å²) in [6.07, 6.45) is 11.1. The van der Waals surface area contributed by atoms with E-state index >= 15 is 0 Å². The second-order valence-electron chi connectivity index (χ2n) is 7.89. The van der Waals surface area contributed by atoms with Crippen LogP contribution in [0.2, 0.25) is 0 Å². The molecular formula is C19H30N4OS. The van der Waals surface area contributed by atoms with Crippen LogP contribution in [0.25, 0.3) is 0 Å². The maximum atomic E-state index is 13.1. The Morgan fingerprint density at radius 1 is 1.16 bits per heavy atom. The summed E-state index contributed by atoms with van der Waals surface area (Å²) in [4.78, 5) is 15.2. The summed E-state index contributed by atoms with van der Waals surface area (Å²) in [5.74, 6) is 2.06. The van der Waals surface area contributed by atoms with Crippen LogP contribution in [0.3, 0.4) is 0 Å². The molecule has 0 bridgehead atoms. The fourth-order valence-corrected chi connectivity index (χ4v) is 5.09. The lowest BCUT2D eigenvalue weighted by atomic mass is 9.94. The summed E-state index contributed by atoms with van der Waals surface area (Å²) in [5.41, 5.74) is 0. The Morgan fingerprint density at radius 3 is 2.48 bits per heavy atom. The largest absolute Gasteiger partial charge is 0.339 e. The first kappa shape index (κ1) is 17.4. The number of hydrogen-bond donors (Lipinski definition) is 0. The van der Waals surface area contributed by atoms with E-state index in [0.29, 0.717) is 18.0 Å². The normalized spacial score (nSPS) is 22.8. The molecular weight excluding hydrogens is 332 g/mol. The van der Waals surface area contributed by atoms with Crippen molar-refractivity contribution in [1.29, 1.82) is 0 Å². The lowest BCUT2D eigenvalue weighted by Gasteiger charge is -2.35. The van der Waals surface area contributed by atoms with Gasteiger partial charge in [0.1, 0.15) is 5.82 Å². The molecule has 138 valence electrons. The SMILES string of the molecule is CCN(C(=O)C(C)Sc1nnc(C2CC2)n1C1CC1)C1CCCCC1. The zero-order valence-electron chi connectivity index (χ0n) is 15.5. The monoisotopic (exact) mass is 362 g/mol. The molecule has 1 aromatic rings.